The van der Waals surface area contributed by atoms with Crippen molar-refractivity contribution in [2.75, 3.05) is 23.4 Å². The Kier molecular flexibility index (Phi) is 5.23. The summed E-state index contributed by atoms with van der Waals surface area (Å²) in [5.74, 6) is 1.67. The number of anilines is 1. The Bertz CT molecular complexity index is 371. The van der Waals surface area contributed by atoms with Crippen LogP contribution in [0.25, 0.3) is 0 Å². The topological polar surface area (TPSA) is 38.2 Å². The number of halogens is 1. The minimum atomic E-state index is 0.640. The third-order valence-electron chi connectivity index (χ3n) is 3.26. The van der Waals surface area contributed by atoms with Gasteiger partial charge >= 0.3 is 0 Å². The Hall–Kier alpha value is -0.840. The van der Waals surface area contributed by atoms with E-state index in [1.165, 1.54) is 19.3 Å². The smallest absolute Gasteiger partial charge is 0.218 e. The Morgan fingerprint density at radius 3 is 2.89 bits per heavy atom. The second-order valence-electron chi connectivity index (χ2n) is 4.47. The van der Waals surface area contributed by atoms with Crippen molar-refractivity contribution in [2.24, 2.45) is 0 Å². The molecule has 0 aromatic carbocycles. The van der Waals surface area contributed by atoms with Gasteiger partial charge in [-0.25, -0.2) is 9.97 Å². The van der Waals surface area contributed by atoms with Crippen molar-refractivity contribution in [3.8, 4) is 5.88 Å². The van der Waals surface area contributed by atoms with Crippen LogP contribution in [-0.2, 0) is 0 Å². The van der Waals surface area contributed by atoms with Crippen LogP contribution in [0.3, 0.4) is 0 Å². The highest BCUT2D eigenvalue weighted by Gasteiger charge is 2.25. The van der Waals surface area contributed by atoms with Gasteiger partial charge in [0.05, 0.1) is 6.61 Å². The zero-order valence-corrected chi connectivity index (χ0v) is 12.4. The molecular weight excluding hydrogens is 294 g/mol. The number of rotatable bonds is 7. The molecule has 0 radical (unpaired) electrons. The lowest BCUT2D eigenvalue weighted by Crippen LogP contribution is -2.41. The number of hydrogen-bond acceptors (Lipinski definition) is 4. The molecule has 1 aromatic rings. The van der Waals surface area contributed by atoms with Crippen molar-refractivity contribution >= 4 is 21.7 Å². The van der Waals surface area contributed by atoms with Gasteiger partial charge < -0.3 is 9.64 Å². The number of nitrogens with zero attached hydrogens (tertiary/aromatic N) is 3. The Morgan fingerprint density at radius 2 is 2.28 bits per heavy atom. The predicted octanol–water partition coefficient (Wildman–Crippen LogP) is 3.02. The van der Waals surface area contributed by atoms with Crippen molar-refractivity contribution in [2.45, 2.75) is 38.6 Å². The second kappa shape index (κ2) is 6.92. The molecule has 0 atom stereocenters. The standard InChI is InChI=1S/C13H20BrN3O/c1-2-18-13-9-12(15-10-16-13)17(8-4-7-14)11-5-3-6-11/h9-11H,2-8H2,1H3. The summed E-state index contributed by atoms with van der Waals surface area (Å²) in [5.41, 5.74) is 0. The lowest BCUT2D eigenvalue weighted by molar-refractivity contribution is 0.325. The lowest BCUT2D eigenvalue weighted by Gasteiger charge is -2.38. The molecule has 0 aliphatic heterocycles. The molecule has 1 aliphatic rings. The van der Waals surface area contributed by atoms with Crippen LogP contribution in [0.1, 0.15) is 32.6 Å². The van der Waals surface area contributed by atoms with E-state index in [1.54, 1.807) is 6.33 Å². The molecule has 0 saturated heterocycles. The zero-order valence-electron chi connectivity index (χ0n) is 10.8. The van der Waals surface area contributed by atoms with Crippen LogP contribution >= 0.6 is 15.9 Å². The van der Waals surface area contributed by atoms with E-state index in [4.69, 9.17) is 4.74 Å². The first-order valence-electron chi connectivity index (χ1n) is 6.62. The minimum Gasteiger partial charge on any atom is -0.478 e. The molecule has 5 heteroatoms. The third-order valence-corrected chi connectivity index (χ3v) is 3.82. The summed E-state index contributed by atoms with van der Waals surface area (Å²) in [5, 5.41) is 1.03. The monoisotopic (exact) mass is 313 g/mol. The van der Waals surface area contributed by atoms with E-state index in [0.717, 1.165) is 24.1 Å². The summed E-state index contributed by atoms with van der Waals surface area (Å²) in [4.78, 5) is 10.9. The Morgan fingerprint density at radius 1 is 1.44 bits per heavy atom. The van der Waals surface area contributed by atoms with Gasteiger partial charge in [-0.1, -0.05) is 15.9 Å². The molecule has 0 amide bonds. The summed E-state index contributed by atoms with van der Waals surface area (Å²) < 4.78 is 5.45. The highest BCUT2D eigenvalue weighted by atomic mass is 79.9. The molecule has 1 fully saturated rings. The van der Waals surface area contributed by atoms with E-state index in [9.17, 15) is 0 Å². The van der Waals surface area contributed by atoms with Crippen LogP contribution in [-0.4, -0.2) is 34.5 Å². The van der Waals surface area contributed by atoms with Crippen LogP contribution in [0.5, 0.6) is 5.88 Å². The normalized spacial score (nSPS) is 15.2. The SMILES string of the molecule is CCOc1cc(N(CCCBr)C2CCC2)ncn1. The Balaban J connectivity index is 2.10. The molecule has 1 saturated carbocycles. The molecule has 18 heavy (non-hydrogen) atoms. The molecule has 1 heterocycles. The fourth-order valence-corrected chi connectivity index (χ4v) is 2.38. The van der Waals surface area contributed by atoms with Crippen LogP contribution in [0.15, 0.2) is 12.4 Å². The third kappa shape index (κ3) is 3.34. The van der Waals surface area contributed by atoms with Gasteiger partial charge in [-0.15, -0.1) is 0 Å². The van der Waals surface area contributed by atoms with Crippen LogP contribution in [0.4, 0.5) is 5.82 Å². The van der Waals surface area contributed by atoms with Gasteiger partial charge in [-0.3, -0.25) is 0 Å². The quantitative estimate of drug-likeness (QED) is 0.725. The molecule has 1 aromatic heterocycles. The fourth-order valence-electron chi connectivity index (χ4n) is 2.13. The summed E-state index contributed by atoms with van der Waals surface area (Å²) in [6.45, 7) is 3.65. The highest BCUT2D eigenvalue weighted by Crippen LogP contribution is 2.29. The van der Waals surface area contributed by atoms with Crippen LogP contribution in [0, 0.1) is 0 Å². The van der Waals surface area contributed by atoms with Crippen molar-refractivity contribution in [3.63, 3.8) is 0 Å². The Labute approximate surface area is 117 Å². The molecule has 2 rings (SSSR count). The minimum absolute atomic E-state index is 0.640. The van der Waals surface area contributed by atoms with Gasteiger partial charge in [-0.05, 0) is 32.6 Å². The fraction of sp³-hybridized carbons (Fsp3) is 0.692. The molecular formula is C13H20BrN3O. The van der Waals surface area contributed by atoms with Crippen molar-refractivity contribution < 1.29 is 4.74 Å². The van der Waals surface area contributed by atoms with E-state index in [1.807, 2.05) is 13.0 Å². The van der Waals surface area contributed by atoms with Crippen molar-refractivity contribution in [3.05, 3.63) is 12.4 Å². The summed E-state index contributed by atoms with van der Waals surface area (Å²) in [7, 11) is 0. The van der Waals surface area contributed by atoms with E-state index in [-0.39, 0.29) is 0 Å². The maximum atomic E-state index is 5.45. The second-order valence-corrected chi connectivity index (χ2v) is 5.26. The van der Waals surface area contributed by atoms with E-state index in [0.29, 0.717) is 18.5 Å². The van der Waals surface area contributed by atoms with Gasteiger partial charge in [0.1, 0.15) is 12.1 Å². The molecule has 0 N–H and O–H groups in total. The molecule has 0 bridgehead atoms. The van der Waals surface area contributed by atoms with Gasteiger partial charge in [-0.2, -0.15) is 0 Å². The highest BCUT2D eigenvalue weighted by molar-refractivity contribution is 9.09. The summed E-state index contributed by atoms with van der Waals surface area (Å²) in [6, 6.07) is 2.60. The zero-order chi connectivity index (χ0) is 12.8. The maximum Gasteiger partial charge on any atom is 0.218 e. The van der Waals surface area contributed by atoms with Gasteiger partial charge in [0.15, 0.2) is 0 Å². The largest absolute Gasteiger partial charge is 0.478 e. The maximum absolute atomic E-state index is 5.45. The van der Waals surface area contributed by atoms with E-state index < -0.39 is 0 Å². The number of alkyl halides is 1. The predicted molar refractivity (Wildman–Crippen MR) is 76.6 cm³/mol. The number of hydrogen-bond donors (Lipinski definition) is 0. The summed E-state index contributed by atoms with van der Waals surface area (Å²) >= 11 is 3.49. The van der Waals surface area contributed by atoms with E-state index >= 15 is 0 Å². The van der Waals surface area contributed by atoms with Crippen LogP contribution < -0.4 is 9.64 Å². The van der Waals surface area contributed by atoms with Crippen LogP contribution in [0.2, 0.25) is 0 Å². The average molecular weight is 314 g/mol. The van der Waals surface area contributed by atoms with Gasteiger partial charge in [0.25, 0.3) is 0 Å². The molecule has 0 unspecified atom stereocenters. The molecule has 0 spiro atoms. The summed E-state index contributed by atoms with van der Waals surface area (Å²) in [6.07, 6.45) is 6.61. The number of aromatic nitrogens is 2. The first kappa shape index (κ1) is 13.6. The van der Waals surface area contributed by atoms with E-state index in [2.05, 4.69) is 30.8 Å². The molecule has 1 aliphatic carbocycles. The first-order chi connectivity index (χ1) is 8.85. The van der Waals surface area contributed by atoms with Gasteiger partial charge in [0, 0.05) is 24.0 Å². The first-order valence-corrected chi connectivity index (χ1v) is 7.74. The lowest BCUT2D eigenvalue weighted by atomic mass is 9.91. The number of ether oxygens (including phenoxy) is 1. The molecule has 100 valence electrons. The van der Waals surface area contributed by atoms with Gasteiger partial charge in [0.2, 0.25) is 5.88 Å². The van der Waals surface area contributed by atoms with Crippen molar-refractivity contribution in [1.29, 1.82) is 0 Å². The average Bonchev–Trinajstić information content (AvgIpc) is 2.33. The van der Waals surface area contributed by atoms with Crippen molar-refractivity contribution in [1.82, 2.24) is 9.97 Å². The molecule has 4 nitrogen and oxygen atoms in total.